The van der Waals surface area contributed by atoms with Crippen LogP contribution in [0.25, 0.3) is 0 Å². The van der Waals surface area contributed by atoms with Gasteiger partial charge < -0.3 is 25.4 Å². The topological polar surface area (TPSA) is 134 Å². The van der Waals surface area contributed by atoms with Crippen LogP contribution in [0, 0.1) is 0 Å². The van der Waals surface area contributed by atoms with Crippen LogP contribution in [0.2, 0.25) is 0 Å². The van der Waals surface area contributed by atoms with Crippen molar-refractivity contribution in [3.05, 3.63) is 60.2 Å². The molecule has 2 amide bonds. The van der Waals surface area contributed by atoms with Gasteiger partial charge in [-0.3, -0.25) is 14.6 Å². The van der Waals surface area contributed by atoms with Gasteiger partial charge in [0, 0.05) is 26.1 Å². The molecular formula is C20H27BN4O5. The normalized spacial score (nSPS) is 12.6. The summed E-state index contributed by atoms with van der Waals surface area (Å²) >= 11 is 0. The average molecular weight is 414 g/mol. The molecular weight excluding hydrogens is 387 g/mol. The van der Waals surface area contributed by atoms with Crippen molar-refractivity contribution in [2.75, 3.05) is 13.7 Å². The first-order valence-corrected chi connectivity index (χ1v) is 9.77. The zero-order chi connectivity index (χ0) is 21.8. The summed E-state index contributed by atoms with van der Waals surface area (Å²) in [4.78, 5) is 32.8. The number of hydrogen-bond donors (Lipinski definition) is 4. The van der Waals surface area contributed by atoms with E-state index in [0.29, 0.717) is 12.8 Å². The molecule has 0 radical (unpaired) electrons. The molecule has 1 heterocycles. The maximum atomic E-state index is 12.7. The average Bonchev–Trinajstić information content (AvgIpc) is 2.76. The molecule has 0 aliphatic rings. The van der Waals surface area contributed by atoms with Gasteiger partial charge in [0.25, 0.3) is 5.91 Å². The van der Waals surface area contributed by atoms with Gasteiger partial charge in [-0.25, -0.2) is 4.98 Å². The van der Waals surface area contributed by atoms with E-state index in [-0.39, 0.29) is 18.7 Å². The van der Waals surface area contributed by atoms with E-state index in [1.807, 2.05) is 30.3 Å². The van der Waals surface area contributed by atoms with Gasteiger partial charge in [0.15, 0.2) is 0 Å². The summed E-state index contributed by atoms with van der Waals surface area (Å²) in [5.74, 6) is -1.94. The number of carbonyl (C=O) groups excluding carboxylic acids is 2. The zero-order valence-electron chi connectivity index (χ0n) is 16.9. The number of ether oxygens (including phenoxy) is 1. The van der Waals surface area contributed by atoms with Crippen LogP contribution in [-0.4, -0.2) is 64.6 Å². The van der Waals surface area contributed by atoms with Crippen molar-refractivity contribution in [1.29, 1.82) is 0 Å². The number of nitrogens with zero attached hydrogens (tertiary/aromatic N) is 2. The van der Waals surface area contributed by atoms with Gasteiger partial charge in [0.2, 0.25) is 5.91 Å². The summed E-state index contributed by atoms with van der Waals surface area (Å²) in [7, 11) is -0.230. The van der Waals surface area contributed by atoms with Crippen LogP contribution < -0.4 is 10.6 Å². The fourth-order valence-electron chi connectivity index (χ4n) is 2.90. The molecule has 0 saturated heterocycles. The minimum absolute atomic E-state index is 0.0781. The summed E-state index contributed by atoms with van der Waals surface area (Å²) in [6.45, 7) is 0.235. The second-order valence-electron chi connectivity index (χ2n) is 6.80. The highest BCUT2D eigenvalue weighted by atomic mass is 16.5. The van der Waals surface area contributed by atoms with Crippen molar-refractivity contribution in [2.45, 2.75) is 37.7 Å². The van der Waals surface area contributed by atoms with Crippen molar-refractivity contribution in [1.82, 2.24) is 20.6 Å². The third-order valence-electron chi connectivity index (χ3n) is 4.54. The Morgan fingerprint density at radius 1 is 1.13 bits per heavy atom. The van der Waals surface area contributed by atoms with Crippen LogP contribution in [0.3, 0.4) is 0 Å². The van der Waals surface area contributed by atoms with Gasteiger partial charge in [-0.15, -0.1) is 0 Å². The number of carbonyl (C=O) groups is 2. The molecule has 2 rings (SSSR count). The molecule has 0 bridgehead atoms. The van der Waals surface area contributed by atoms with E-state index >= 15 is 0 Å². The molecule has 0 spiro atoms. The summed E-state index contributed by atoms with van der Waals surface area (Å²) in [6.07, 6.45) is 6.10. The van der Waals surface area contributed by atoms with E-state index in [9.17, 15) is 19.6 Å². The third-order valence-corrected chi connectivity index (χ3v) is 4.54. The lowest BCUT2D eigenvalue weighted by Gasteiger charge is -2.23. The molecule has 1 aromatic heterocycles. The lowest BCUT2D eigenvalue weighted by atomic mass is 9.76. The number of amides is 2. The summed E-state index contributed by atoms with van der Waals surface area (Å²) in [5, 5.41) is 24.6. The predicted octanol–water partition coefficient (Wildman–Crippen LogP) is 0.131. The van der Waals surface area contributed by atoms with E-state index in [1.165, 1.54) is 25.7 Å². The van der Waals surface area contributed by atoms with E-state index in [1.54, 1.807) is 0 Å². The monoisotopic (exact) mass is 414 g/mol. The minimum Gasteiger partial charge on any atom is -0.426 e. The van der Waals surface area contributed by atoms with E-state index in [4.69, 9.17) is 4.74 Å². The molecule has 1 aromatic carbocycles. The molecule has 0 fully saturated rings. The molecule has 4 N–H and O–H groups in total. The Kier molecular flexibility index (Phi) is 9.92. The highest BCUT2D eigenvalue weighted by molar-refractivity contribution is 6.43. The maximum absolute atomic E-state index is 12.7. The molecule has 0 aliphatic heterocycles. The molecule has 0 saturated carbocycles. The first-order chi connectivity index (χ1) is 14.5. The van der Waals surface area contributed by atoms with Crippen LogP contribution in [0.1, 0.15) is 35.3 Å². The molecule has 10 heteroatoms. The highest BCUT2D eigenvalue weighted by Crippen LogP contribution is 2.08. The number of nitrogens with one attached hydrogen (secondary N) is 2. The lowest BCUT2D eigenvalue weighted by molar-refractivity contribution is -0.123. The molecule has 30 heavy (non-hydrogen) atoms. The van der Waals surface area contributed by atoms with E-state index < -0.39 is 30.9 Å². The molecule has 2 aromatic rings. The molecule has 0 unspecified atom stereocenters. The zero-order valence-corrected chi connectivity index (χ0v) is 16.9. The lowest BCUT2D eigenvalue weighted by Crippen LogP contribution is -2.54. The summed E-state index contributed by atoms with van der Waals surface area (Å²) in [5.41, 5.74) is 1.21. The fraction of sp³-hybridized carbons (Fsp3) is 0.400. The molecule has 9 nitrogen and oxygen atoms in total. The number of aromatic nitrogens is 2. The van der Waals surface area contributed by atoms with Crippen LogP contribution in [0.4, 0.5) is 0 Å². The number of rotatable bonds is 12. The van der Waals surface area contributed by atoms with Gasteiger partial charge in [0.1, 0.15) is 11.7 Å². The van der Waals surface area contributed by atoms with Gasteiger partial charge in [-0.1, -0.05) is 30.3 Å². The SMILES string of the molecule is COCC[C@@H](NC(=O)c1cnccn1)C(=O)N[C@@H](CCCc1ccccc1)B(O)O. The predicted molar refractivity (Wildman–Crippen MR) is 111 cm³/mol. The molecule has 2 atom stereocenters. The Labute approximate surface area is 176 Å². The first-order valence-electron chi connectivity index (χ1n) is 9.77. The Hall–Kier alpha value is -2.82. The fourth-order valence-corrected chi connectivity index (χ4v) is 2.90. The second kappa shape index (κ2) is 12.7. The van der Waals surface area contributed by atoms with Crippen molar-refractivity contribution < 1.29 is 24.4 Å². The van der Waals surface area contributed by atoms with Gasteiger partial charge in [-0.2, -0.15) is 0 Å². The van der Waals surface area contributed by atoms with Crippen molar-refractivity contribution in [3.63, 3.8) is 0 Å². The van der Waals surface area contributed by atoms with E-state index in [2.05, 4.69) is 20.6 Å². The van der Waals surface area contributed by atoms with Crippen LogP contribution in [-0.2, 0) is 16.0 Å². The molecule has 160 valence electrons. The van der Waals surface area contributed by atoms with Gasteiger partial charge in [0.05, 0.1) is 12.1 Å². The maximum Gasteiger partial charge on any atom is 0.475 e. The Bertz CT molecular complexity index is 779. The largest absolute Gasteiger partial charge is 0.475 e. The van der Waals surface area contributed by atoms with Crippen LogP contribution >= 0.6 is 0 Å². The third kappa shape index (κ3) is 7.90. The van der Waals surface area contributed by atoms with Crippen LogP contribution in [0.5, 0.6) is 0 Å². The highest BCUT2D eigenvalue weighted by Gasteiger charge is 2.29. The van der Waals surface area contributed by atoms with Crippen molar-refractivity contribution in [2.24, 2.45) is 0 Å². The van der Waals surface area contributed by atoms with Gasteiger partial charge >= 0.3 is 7.12 Å². The number of methoxy groups -OCH3 is 1. The van der Waals surface area contributed by atoms with Gasteiger partial charge in [-0.05, 0) is 31.2 Å². The van der Waals surface area contributed by atoms with Crippen molar-refractivity contribution in [3.8, 4) is 0 Å². The first kappa shape index (κ1) is 23.5. The minimum atomic E-state index is -1.72. The number of hydrogen-bond acceptors (Lipinski definition) is 7. The van der Waals surface area contributed by atoms with Crippen LogP contribution in [0.15, 0.2) is 48.9 Å². The second-order valence-corrected chi connectivity index (χ2v) is 6.80. The number of aryl methyl sites for hydroxylation is 1. The van der Waals surface area contributed by atoms with Crippen molar-refractivity contribution >= 4 is 18.9 Å². The molecule has 0 aliphatic carbocycles. The number of benzene rings is 1. The Morgan fingerprint density at radius 3 is 2.53 bits per heavy atom. The standard InChI is InChI=1S/C20H27BN4O5/c1-30-13-10-16(24-20(27)17-14-22-11-12-23-17)19(26)25-18(21(28)29)9-5-8-15-6-3-2-4-7-15/h2-4,6-7,11-12,14,16,18,28-29H,5,8-10,13H2,1H3,(H,24,27)(H,25,26)/t16-,18+/m1/s1. The summed E-state index contributed by atoms with van der Waals surface area (Å²) < 4.78 is 5.02. The summed E-state index contributed by atoms with van der Waals surface area (Å²) in [6, 6.07) is 8.87. The van der Waals surface area contributed by atoms with E-state index in [0.717, 1.165) is 12.0 Å². The smallest absolute Gasteiger partial charge is 0.426 e. The Morgan fingerprint density at radius 2 is 1.90 bits per heavy atom. The quantitative estimate of drug-likeness (QED) is 0.363. The Balaban J connectivity index is 1.95.